The van der Waals surface area contributed by atoms with Gasteiger partial charge in [-0.2, -0.15) is 0 Å². The molecule has 2 heteroatoms. The van der Waals surface area contributed by atoms with E-state index in [9.17, 15) is 4.55 Å². The second-order valence-electron chi connectivity index (χ2n) is 7.75. The van der Waals surface area contributed by atoms with Gasteiger partial charge in [-0.15, -0.1) is 0 Å². The molecule has 0 saturated heterocycles. The lowest BCUT2D eigenvalue weighted by molar-refractivity contribution is 0.596. The molecule has 1 unspecified atom stereocenters. The lowest BCUT2D eigenvalue weighted by atomic mass is 9.92. The van der Waals surface area contributed by atoms with Crippen LogP contribution in [0.15, 0.2) is 107 Å². The first-order valence-electron chi connectivity index (χ1n) is 10.1. The van der Waals surface area contributed by atoms with Crippen LogP contribution in [0.4, 0.5) is 0 Å². The van der Waals surface area contributed by atoms with Gasteiger partial charge in [0.25, 0.3) is 0 Å². The number of fused-ring (bicyclic) bond motifs is 3. The van der Waals surface area contributed by atoms with Gasteiger partial charge in [-0.1, -0.05) is 90.0 Å². The van der Waals surface area contributed by atoms with E-state index in [2.05, 4.69) is 68.4 Å². The highest BCUT2D eigenvalue weighted by Gasteiger charge is 2.26. The zero-order chi connectivity index (χ0) is 20.7. The average molecular weight is 407 g/mol. The van der Waals surface area contributed by atoms with E-state index in [4.69, 9.17) is 0 Å². The fourth-order valence-corrected chi connectivity index (χ4v) is 5.54. The number of rotatable bonds is 3. The van der Waals surface area contributed by atoms with E-state index in [-0.39, 0.29) is 0 Å². The summed E-state index contributed by atoms with van der Waals surface area (Å²) in [5.41, 5.74) is 4.48. The third-order valence-electron chi connectivity index (χ3n) is 5.62. The minimum Gasteiger partial charge on any atom is -0.606 e. The van der Waals surface area contributed by atoms with Crippen LogP contribution >= 0.6 is 0 Å². The topological polar surface area (TPSA) is 23.1 Å². The van der Waals surface area contributed by atoms with Gasteiger partial charge in [0.15, 0.2) is 9.79 Å². The number of hydrogen-bond donors (Lipinski definition) is 0. The Morgan fingerprint density at radius 3 is 1.90 bits per heavy atom. The largest absolute Gasteiger partial charge is 0.606 e. The summed E-state index contributed by atoms with van der Waals surface area (Å²) in [5.74, 6) is 0. The van der Waals surface area contributed by atoms with E-state index in [1.807, 2.05) is 42.5 Å². The minimum absolute atomic E-state index is 0.830. The Labute approximate surface area is 180 Å². The van der Waals surface area contributed by atoms with Crippen molar-refractivity contribution in [1.29, 1.82) is 0 Å². The van der Waals surface area contributed by atoms with Crippen molar-refractivity contribution in [3.05, 3.63) is 108 Å². The molecule has 0 saturated carbocycles. The van der Waals surface area contributed by atoms with Gasteiger partial charge in [-0.25, -0.2) is 0 Å². The summed E-state index contributed by atoms with van der Waals surface area (Å²) in [6.45, 7) is 4.15. The van der Waals surface area contributed by atoms with Crippen LogP contribution in [0.3, 0.4) is 0 Å². The highest BCUT2D eigenvalue weighted by molar-refractivity contribution is 7.92. The summed E-state index contributed by atoms with van der Waals surface area (Å²) in [6, 6.07) is 33.3. The number of aryl methyl sites for hydroxylation is 2. The molecular weight excluding hydrogens is 384 g/mol. The molecule has 5 rings (SSSR count). The SMILES string of the molecule is Cc1ccc([S+]([O-])c2c(-c3ccccc3)c3ccccc3c3ccc(C)cc23)cc1. The molecule has 0 amide bonds. The normalized spacial score (nSPS) is 12.4. The molecule has 146 valence electrons. The summed E-state index contributed by atoms with van der Waals surface area (Å²) < 4.78 is 14.0. The Bertz CT molecular complexity index is 1350. The lowest BCUT2D eigenvalue weighted by Gasteiger charge is -2.20. The van der Waals surface area contributed by atoms with Gasteiger partial charge >= 0.3 is 0 Å². The molecule has 1 atom stereocenters. The predicted molar refractivity (Wildman–Crippen MR) is 127 cm³/mol. The van der Waals surface area contributed by atoms with Crippen LogP contribution in [0, 0.1) is 13.8 Å². The summed E-state index contributed by atoms with van der Waals surface area (Å²) in [7, 11) is 0. The van der Waals surface area contributed by atoms with Gasteiger partial charge in [0.05, 0.1) is 0 Å². The van der Waals surface area contributed by atoms with Gasteiger partial charge < -0.3 is 4.55 Å². The third-order valence-corrected chi connectivity index (χ3v) is 7.11. The Morgan fingerprint density at radius 1 is 0.567 bits per heavy atom. The molecule has 0 heterocycles. The van der Waals surface area contributed by atoms with Crippen molar-refractivity contribution in [2.24, 2.45) is 0 Å². The summed E-state index contributed by atoms with van der Waals surface area (Å²) in [5, 5.41) is 4.53. The Balaban J connectivity index is 1.95. The molecule has 5 aromatic carbocycles. The molecule has 0 aliphatic heterocycles. The first kappa shape index (κ1) is 18.9. The molecule has 0 spiro atoms. The van der Waals surface area contributed by atoms with Crippen LogP contribution < -0.4 is 0 Å². The van der Waals surface area contributed by atoms with Crippen molar-refractivity contribution in [1.82, 2.24) is 0 Å². The van der Waals surface area contributed by atoms with Crippen molar-refractivity contribution >= 4 is 32.7 Å². The molecule has 0 bridgehead atoms. The average Bonchev–Trinajstić information content (AvgIpc) is 2.78. The van der Waals surface area contributed by atoms with Crippen LogP contribution in [0.2, 0.25) is 0 Å². The van der Waals surface area contributed by atoms with E-state index in [0.29, 0.717) is 0 Å². The van der Waals surface area contributed by atoms with Crippen LogP contribution in [-0.2, 0) is 11.2 Å². The van der Waals surface area contributed by atoms with Crippen molar-refractivity contribution in [2.75, 3.05) is 0 Å². The zero-order valence-corrected chi connectivity index (χ0v) is 17.9. The minimum atomic E-state index is -1.31. The molecule has 30 heavy (non-hydrogen) atoms. The first-order chi connectivity index (χ1) is 14.6. The lowest BCUT2D eigenvalue weighted by Crippen LogP contribution is -2.06. The van der Waals surface area contributed by atoms with Gasteiger partial charge in [-0.05, 0) is 53.8 Å². The third kappa shape index (κ3) is 3.19. The summed E-state index contributed by atoms with van der Waals surface area (Å²) in [4.78, 5) is 1.72. The van der Waals surface area contributed by atoms with Crippen molar-refractivity contribution in [3.63, 3.8) is 0 Å². The summed E-state index contributed by atoms with van der Waals surface area (Å²) in [6.07, 6.45) is 0. The van der Waals surface area contributed by atoms with Gasteiger partial charge in [0, 0.05) is 22.1 Å². The van der Waals surface area contributed by atoms with Crippen LogP contribution in [0.25, 0.3) is 32.7 Å². The second kappa shape index (κ2) is 7.64. The maximum absolute atomic E-state index is 14.0. The molecule has 1 nitrogen and oxygen atoms in total. The number of benzene rings is 5. The van der Waals surface area contributed by atoms with Crippen molar-refractivity contribution in [2.45, 2.75) is 23.6 Å². The molecular formula is C28H22OS. The predicted octanol–water partition coefficient (Wildman–Crippen LogP) is 7.44. The molecule has 0 radical (unpaired) electrons. The fourth-order valence-electron chi connectivity index (χ4n) is 4.14. The number of hydrogen-bond acceptors (Lipinski definition) is 1. The maximum atomic E-state index is 14.0. The van der Waals surface area contributed by atoms with Crippen molar-refractivity contribution < 1.29 is 4.55 Å². The standard InChI is InChI=1S/C28H22OS/c1-19-12-15-22(16-13-19)30(29)28-26-18-20(2)14-17-24(26)23-10-6-7-11-25(23)27(28)21-8-4-3-5-9-21/h3-18H,1-2H3. The van der Waals surface area contributed by atoms with Crippen LogP contribution in [0.1, 0.15) is 11.1 Å². The van der Waals surface area contributed by atoms with Crippen molar-refractivity contribution in [3.8, 4) is 11.1 Å². The Kier molecular flexibility index (Phi) is 4.82. The van der Waals surface area contributed by atoms with E-state index >= 15 is 0 Å². The molecule has 0 fully saturated rings. The van der Waals surface area contributed by atoms with Gasteiger partial charge in [0.2, 0.25) is 0 Å². The molecule has 0 aliphatic rings. The molecule has 0 aliphatic carbocycles. The Hall–Kier alpha value is -3.07. The second-order valence-corrected chi connectivity index (χ2v) is 9.16. The fraction of sp³-hybridized carbons (Fsp3) is 0.0714. The quantitative estimate of drug-likeness (QED) is 0.225. The van der Waals surface area contributed by atoms with E-state index in [1.165, 1.54) is 16.5 Å². The molecule has 5 aromatic rings. The van der Waals surface area contributed by atoms with E-state index in [0.717, 1.165) is 37.1 Å². The summed E-state index contributed by atoms with van der Waals surface area (Å²) >= 11 is -1.31. The highest BCUT2D eigenvalue weighted by atomic mass is 32.2. The smallest absolute Gasteiger partial charge is 0.174 e. The van der Waals surface area contributed by atoms with Gasteiger partial charge in [-0.3, -0.25) is 0 Å². The molecule has 0 N–H and O–H groups in total. The monoisotopic (exact) mass is 406 g/mol. The van der Waals surface area contributed by atoms with E-state index < -0.39 is 11.2 Å². The maximum Gasteiger partial charge on any atom is 0.174 e. The molecule has 0 aromatic heterocycles. The zero-order valence-electron chi connectivity index (χ0n) is 17.1. The van der Waals surface area contributed by atoms with Crippen LogP contribution in [-0.4, -0.2) is 4.55 Å². The Morgan fingerprint density at radius 2 is 1.17 bits per heavy atom. The van der Waals surface area contributed by atoms with E-state index in [1.54, 1.807) is 0 Å². The van der Waals surface area contributed by atoms with Gasteiger partial charge in [0.1, 0.15) is 0 Å². The first-order valence-corrected chi connectivity index (χ1v) is 11.3. The van der Waals surface area contributed by atoms with Crippen LogP contribution in [0.5, 0.6) is 0 Å². The highest BCUT2D eigenvalue weighted by Crippen LogP contribution is 2.43.